The molecule has 0 spiro atoms. The van der Waals surface area contributed by atoms with Crippen LogP contribution in [0, 0.1) is 0 Å². The number of carbonyl (C=O) groups excluding carboxylic acids is 2. The zero-order chi connectivity index (χ0) is 21.8. The molecule has 0 atom stereocenters. The number of fused-ring (bicyclic) bond motifs is 1. The van der Waals surface area contributed by atoms with Gasteiger partial charge in [-0.05, 0) is 30.3 Å². The van der Waals surface area contributed by atoms with Crippen LogP contribution < -0.4 is 21.9 Å². The van der Waals surface area contributed by atoms with Crippen molar-refractivity contribution < 1.29 is 9.59 Å². The second kappa shape index (κ2) is 8.41. The Morgan fingerprint density at radius 1 is 1.00 bits per heavy atom. The minimum atomic E-state index is -0.684. The summed E-state index contributed by atoms with van der Waals surface area (Å²) in [4.78, 5) is 60.0. The van der Waals surface area contributed by atoms with Crippen LogP contribution in [0.3, 0.4) is 0 Å². The summed E-state index contributed by atoms with van der Waals surface area (Å²) in [6.45, 7) is -0.477. The molecule has 2 amide bonds. The van der Waals surface area contributed by atoms with E-state index in [0.29, 0.717) is 16.6 Å². The number of benzene rings is 2. The number of carbonyl (C=O) groups is 2. The van der Waals surface area contributed by atoms with Gasteiger partial charge in [-0.25, -0.2) is 9.78 Å². The molecule has 2 aromatic carbocycles. The number of amides is 2. The molecule has 0 fully saturated rings. The summed E-state index contributed by atoms with van der Waals surface area (Å²) in [6, 6.07) is 12.8. The lowest BCUT2D eigenvalue weighted by Crippen LogP contribution is -2.38. The van der Waals surface area contributed by atoms with E-state index >= 15 is 0 Å². The van der Waals surface area contributed by atoms with Crippen molar-refractivity contribution in [1.82, 2.24) is 19.5 Å². The van der Waals surface area contributed by atoms with E-state index in [-0.39, 0.29) is 11.4 Å². The monoisotopic (exact) mass is 416 g/mol. The number of hydrogen-bond acceptors (Lipinski definition) is 6. The normalized spacial score (nSPS) is 10.6. The molecule has 2 heterocycles. The minimum absolute atomic E-state index is 0.282. The maximum Gasteiger partial charge on any atom is 0.329 e. The predicted molar refractivity (Wildman–Crippen MR) is 114 cm³/mol. The molecule has 0 saturated carbocycles. The van der Waals surface area contributed by atoms with Crippen LogP contribution >= 0.6 is 0 Å². The molecule has 0 aliphatic heterocycles. The lowest BCUT2D eigenvalue weighted by Gasteiger charge is -2.09. The van der Waals surface area contributed by atoms with Crippen molar-refractivity contribution in [3.05, 3.63) is 93.5 Å². The van der Waals surface area contributed by atoms with Gasteiger partial charge in [0.1, 0.15) is 6.54 Å². The zero-order valence-electron chi connectivity index (χ0n) is 16.0. The van der Waals surface area contributed by atoms with E-state index in [2.05, 4.69) is 25.6 Å². The molecular formula is C21H16N6O4. The summed E-state index contributed by atoms with van der Waals surface area (Å²) >= 11 is 0. The summed E-state index contributed by atoms with van der Waals surface area (Å²) in [5, 5.41) is 5.49. The van der Waals surface area contributed by atoms with Crippen LogP contribution in [0.5, 0.6) is 0 Å². The molecule has 10 nitrogen and oxygen atoms in total. The first-order chi connectivity index (χ1) is 15.0. The Morgan fingerprint density at radius 3 is 2.65 bits per heavy atom. The zero-order valence-corrected chi connectivity index (χ0v) is 16.0. The van der Waals surface area contributed by atoms with E-state index in [0.717, 1.165) is 4.57 Å². The third kappa shape index (κ3) is 4.37. The third-order valence-electron chi connectivity index (χ3n) is 4.40. The van der Waals surface area contributed by atoms with Crippen LogP contribution in [0.1, 0.15) is 10.4 Å². The lowest BCUT2D eigenvalue weighted by atomic mass is 10.2. The summed E-state index contributed by atoms with van der Waals surface area (Å²) in [7, 11) is 0. The van der Waals surface area contributed by atoms with Crippen molar-refractivity contribution >= 4 is 34.2 Å². The van der Waals surface area contributed by atoms with Crippen molar-refractivity contribution in [3.63, 3.8) is 0 Å². The summed E-state index contributed by atoms with van der Waals surface area (Å²) < 4.78 is 0.822. The molecule has 154 valence electrons. The SMILES string of the molecule is O=C(Cn1c(=O)[nH]c2ccccc2c1=O)Nc1cccc(C(=O)Nc2cnccn2)c1. The molecule has 3 N–H and O–H groups in total. The van der Waals surface area contributed by atoms with Gasteiger partial charge in [0.15, 0.2) is 5.82 Å². The number of aromatic amines is 1. The van der Waals surface area contributed by atoms with E-state index in [4.69, 9.17) is 0 Å². The summed E-state index contributed by atoms with van der Waals surface area (Å²) in [5.74, 6) is -0.731. The van der Waals surface area contributed by atoms with E-state index < -0.39 is 29.6 Å². The summed E-state index contributed by atoms with van der Waals surface area (Å²) in [6.07, 6.45) is 4.34. The predicted octanol–water partition coefficient (Wildman–Crippen LogP) is 1.37. The topological polar surface area (TPSA) is 139 Å². The Hall–Kier alpha value is -4.60. The van der Waals surface area contributed by atoms with E-state index in [1.807, 2.05) is 0 Å². The Balaban J connectivity index is 1.50. The standard InChI is InChI=1S/C21H16N6O4/c28-18(12-27-20(30)15-6-1-2-7-16(15)25-21(27)31)24-14-5-3-4-13(10-14)19(29)26-17-11-22-8-9-23-17/h1-11H,12H2,(H,24,28)(H,25,31)(H,23,26,29). The van der Waals surface area contributed by atoms with E-state index in [9.17, 15) is 19.2 Å². The summed E-state index contributed by atoms with van der Waals surface area (Å²) in [5.41, 5.74) is -0.232. The highest BCUT2D eigenvalue weighted by Crippen LogP contribution is 2.12. The maximum absolute atomic E-state index is 12.6. The Kier molecular flexibility index (Phi) is 5.35. The van der Waals surface area contributed by atoms with E-state index in [1.165, 1.54) is 24.7 Å². The highest BCUT2D eigenvalue weighted by atomic mass is 16.2. The van der Waals surface area contributed by atoms with Gasteiger partial charge in [-0.3, -0.25) is 23.9 Å². The van der Waals surface area contributed by atoms with Gasteiger partial charge in [0, 0.05) is 23.6 Å². The molecule has 0 unspecified atom stereocenters. The van der Waals surface area contributed by atoms with E-state index in [1.54, 1.807) is 42.5 Å². The van der Waals surface area contributed by atoms with Gasteiger partial charge < -0.3 is 15.6 Å². The van der Waals surface area contributed by atoms with Gasteiger partial charge in [-0.2, -0.15) is 0 Å². The third-order valence-corrected chi connectivity index (χ3v) is 4.40. The smallest absolute Gasteiger partial charge is 0.325 e. The number of anilines is 2. The number of hydrogen-bond donors (Lipinski definition) is 3. The van der Waals surface area contributed by atoms with Crippen molar-refractivity contribution in [2.45, 2.75) is 6.54 Å². The first-order valence-corrected chi connectivity index (χ1v) is 9.20. The van der Waals surface area contributed by atoms with Gasteiger partial charge in [-0.1, -0.05) is 18.2 Å². The van der Waals surface area contributed by atoms with Crippen LogP contribution in [0.15, 0.2) is 76.7 Å². The van der Waals surface area contributed by atoms with Gasteiger partial charge in [-0.15, -0.1) is 0 Å². The molecule has 0 saturated heterocycles. The highest BCUT2D eigenvalue weighted by Gasteiger charge is 2.13. The van der Waals surface area contributed by atoms with Crippen LogP contribution in [-0.4, -0.2) is 31.3 Å². The van der Waals surface area contributed by atoms with Crippen molar-refractivity contribution in [2.24, 2.45) is 0 Å². The van der Waals surface area contributed by atoms with Gasteiger partial charge >= 0.3 is 5.69 Å². The van der Waals surface area contributed by atoms with Crippen LogP contribution in [0.4, 0.5) is 11.5 Å². The molecule has 2 aromatic heterocycles. The fourth-order valence-corrected chi connectivity index (χ4v) is 2.98. The average Bonchev–Trinajstić information content (AvgIpc) is 2.77. The number of rotatable bonds is 5. The number of nitrogens with one attached hydrogen (secondary N) is 3. The molecule has 0 aliphatic carbocycles. The Bertz CT molecular complexity index is 1390. The van der Waals surface area contributed by atoms with Crippen molar-refractivity contribution in [3.8, 4) is 0 Å². The highest BCUT2D eigenvalue weighted by molar-refractivity contribution is 6.04. The Labute approximate surface area is 174 Å². The number of aromatic nitrogens is 4. The molecule has 4 aromatic rings. The number of para-hydroxylation sites is 1. The van der Waals surface area contributed by atoms with Crippen LogP contribution in [0.25, 0.3) is 10.9 Å². The molecule has 4 rings (SSSR count). The molecule has 0 bridgehead atoms. The second-order valence-electron chi connectivity index (χ2n) is 6.54. The number of H-pyrrole nitrogens is 1. The molecular weight excluding hydrogens is 400 g/mol. The molecule has 0 radical (unpaired) electrons. The Morgan fingerprint density at radius 2 is 1.84 bits per heavy atom. The molecule has 0 aliphatic rings. The fourth-order valence-electron chi connectivity index (χ4n) is 2.98. The van der Waals surface area contributed by atoms with Crippen LogP contribution in [0.2, 0.25) is 0 Å². The maximum atomic E-state index is 12.6. The van der Waals surface area contributed by atoms with Gasteiger partial charge in [0.2, 0.25) is 5.91 Å². The second-order valence-corrected chi connectivity index (χ2v) is 6.54. The fraction of sp³-hybridized carbons (Fsp3) is 0.0476. The van der Waals surface area contributed by atoms with Crippen LogP contribution in [-0.2, 0) is 11.3 Å². The van der Waals surface area contributed by atoms with Gasteiger partial charge in [0.05, 0.1) is 17.1 Å². The lowest BCUT2D eigenvalue weighted by molar-refractivity contribution is -0.116. The quantitative estimate of drug-likeness (QED) is 0.449. The van der Waals surface area contributed by atoms with Crippen molar-refractivity contribution in [1.29, 1.82) is 0 Å². The molecule has 31 heavy (non-hydrogen) atoms. The number of nitrogens with zero attached hydrogens (tertiary/aromatic N) is 3. The average molecular weight is 416 g/mol. The minimum Gasteiger partial charge on any atom is -0.325 e. The molecule has 10 heteroatoms. The largest absolute Gasteiger partial charge is 0.329 e. The van der Waals surface area contributed by atoms with Crippen molar-refractivity contribution in [2.75, 3.05) is 10.6 Å². The first kappa shape index (κ1) is 19.7. The first-order valence-electron chi connectivity index (χ1n) is 9.20. The van der Waals surface area contributed by atoms with Gasteiger partial charge in [0.25, 0.3) is 11.5 Å².